The van der Waals surface area contributed by atoms with Crippen molar-refractivity contribution in [2.75, 3.05) is 0 Å². The van der Waals surface area contributed by atoms with E-state index in [0.29, 0.717) is 22.9 Å². The fourth-order valence-corrected chi connectivity index (χ4v) is 1.60. The third-order valence-electron chi connectivity index (χ3n) is 2.39. The van der Waals surface area contributed by atoms with Gasteiger partial charge < -0.3 is 4.98 Å². The molecule has 0 fully saturated rings. The van der Waals surface area contributed by atoms with Gasteiger partial charge in [-0.15, -0.1) is 0 Å². The van der Waals surface area contributed by atoms with Crippen LogP contribution >= 0.6 is 0 Å². The summed E-state index contributed by atoms with van der Waals surface area (Å²) in [4.78, 5) is 14.2. The highest BCUT2D eigenvalue weighted by Gasteiger charge is 2.03. The van der Waals surface area contributed by atoms with E-state index in [0.717, 1.165) is 0 Å². The van der Waals surface area contributed by atoms with Gasteiger partial charge in [0.2, 0.25) is 0 Å². The normalized spacial score (nSPS) is 10.2. The summed E-state index contributed by atoms with van der Waals surface area (Å²) in [5.74, 6) is -0.342. The maximum atomic E-state index is 13.0. The topological polar surface area (TPSA) is 56.6 Å². The van der Waals surface area contributed by atoms with E-state index in [4.69, 9.17) is 5.26 Å². The Hall–Kier alpha value is -2.15. The Kier molecular flexibility index (Phi) is 2.69. The number of nitrogens with zero attached hydrogens (tertiary/aromatic N) is 1. The number of hydrogen-bond donors (Lipinski definition) is 1. The van der Waals surface area contributed by atoms with Crippen molar-refractivity contribution in [1.29, 1.82) is 5.26 Å². The molecule has 0 unspecified atom stereocenters. The minimum absolute atomic E-state index is 0.214. The highest BCUT2D eigenvalue weighted by molar-refractivity contribution is 5.78. The van der Waals surface area contributed by atoms with Crippen LogP contribution in [0.3, 0.4) is 0 Å². The molecule has 80 valence electrons. The van der Waals surface area contributed by atoms with E-state index in [9.17, 15) is 9.18 Å². The molecule has 0 saturated heterocycles. The average Bonchev–Trinajstić information content (AvgIpc) is 2.27. The molecule has 16 heavy (non-hydrogen) atoms. The zero-order chi connectivity index (χ0) is 11.5. The van der Waals surface area contributed by atoms with Gasteiger partial charge in [-0.05, 0) is 30.7 Å². The van der Waals surface area contributed by atoms with Crippen LogP contribution in [-0.2, 0) is 6.42 Å². The Labute approximate surface area is 91.1 Å². The number of aryl methyl sites for hydroxylation is 1. The largest absolute Gasteiger partial charge is 0.322 e. The molecule has 0 atom stereocenters. The number of halogens is 1. The molecular formula is C12H9FN2O. The van der Waals surface area contributed by atoms with Gasteiger partial charge in [-0.2, -0.15) is 5.26 Å². The molecule has 0 radical (unpaired) electrons. The van der Waals surface area contributed by atoms with Crippen molar-refractivity contribution in [1.82, 2.24) is 4.98 Å². The van der Waals surface area contributed by atoms with Crippen molar-refractivity contribution in [3.8, 4) is 6.07 Å². The lowest BCUT2D eigenvalue weighted by Gasteiger charge is -2.01. The van der Waals surface area contributed by atoms with Crippen LogP contribution in [0.5, 0.6) is 0 Å². The van der Waals surface area contributed by atoms with Gasteiger partial charge in [0, 0.05) is 22.9 Å². The summed E-state index contributed by atoms with van der Waals surface area (Å²) < 4.78 is 13.0. The number of pyridine rings is 1. The van der Waals surface area contributed by atoms with Crippen LogP contribution < -0.4 is 5.56 Å². The number of fused-ring (bicyclic) bond motifs is 1. The first-order chi connectivity index (χ1) is 7.70. The first kappa shape index (κ1) is 10.4. The van der Waals surface area contributed by atoms with Gasteiger partial charge in [-0.3, -0.25) is 4.79 Å². The summed E-state index contributed by atoms with van der Waals surface area (Å²) in [5.41, 5.74) is 0.904. The maximum absolute atomic E-state index is 13.0. The molecule has 3 nitrogen and oxygen atoms in total. The number of aromatic amines is 1. The summed E-state index contributed by atoms with van der Waals surface area (Å²) in [6, 6.07) is 7.80. The standard InChI is InChI=1S/C12H9FN2O/c13-10-3-4-11-9(7-10)6-8(2-1-5-14)12(16)15-11/h3-4,6-7H,1-2H2,(H,15,16). The van der Waals surface area contributed by atoms with Gasteiger partial charge in [-0.25, -0.2) is 4.39 Å². The molecule has 0 bridgehead atoms. The summed E-state index contributed by atoms with van der Waals surface area (Å²) in [7, 11) is 0. The predicted molar refractivity (Wildman–Crippen MR) is 58.5 cm³/mol. The van der Waals surface area contributed by atoms with Crippen LogP contribution in [0.15, 0.2) is 29.1 Å². The molecule has 2 aromatic rings. The Balaban J connectivity index is 2.56. The predicted octanol–water partition coefficient (Wildman–Crippen LogP) is 2.12. The molecule has 2 rings (SSSR count). The van der Waals surface area contributed by atoms with Crippen molar-refractivity contribution >= 4 is 10.9 Å². The van der Waals surface area contributed by atoms with E-state index in [-0.39, 0.29) is 17.8 Å². The number of aromatic nitrogens is 1. The summed E-state index contributed by atoms with van der Waals surface area (Å²) in [6.45, 7) is 0. The zero-order valence-corrected chi connectivity index (χ0v) is 8.46. The second-order valence-electron chi connectivity index (χ2n) is 3.51. The molecule has 0 aliphatic carbocycles. The van der Waals surface area contributed by atoms with Crippen LogP contribution in [0, 0.1) is 17.1 Å². The lowest BCUT2D eigenvalue weighted by molar-refractivity contribution is 0.629. The smallest absolute Gasteiger partial charge is 0.251 e. The highest BCUT2D eigenvalue weighted by atomic mass is 19.1. The van der Waals surface area contributed by atoms with Crippen molar-refractivity contribution in [2.45, 2.75) is 12.8 Å². The van der Waals surface area contributed by atoms with Crippen molar-refractivity contribution < 1.29 is 4.39 Å². The van der Waals surface area contributed by atoms with Gasteiger partial charge in [0.15, 0.2) is 0 Å². The van der Waals surface area contributed by atoms with E-state index in [1.54, 1.807) is 6.07 Å². The van der Waals surface area contributed by atoms with Crippen molar-refractivity contribution in [3.63, 3.8) is 0 Å². The number of hydrogen-bond acceptors (Lipinski definition) is 2. The first-order valence-electron chi connectivity index (χ1n) is 4.89. The fraction of sp³-hybridized carbons (Fsp3) is 0.167. The molecule has 1 N–H and O–H groups in total. The number of nitrogens with one attached hydrogen (secondary N) is 1. The third-order valence-corrected chi connectivity index (χ3v) is 2.39. The van der Waals surface area contributed by atoms with Crippen LogP contribution in [0.1, 0.15) is 12.0 Å². The molecule has 1 aromatic carbocycles. The van der Waals surface area contributed by atoms with Crippen LogP contribution in [0.4, 0.5) is 4.39 Å². The molecule has 0 amide bonds. The number of rotatable bonds is 2. The molecule has 1 aromatic heterocycles. The van der Waals surface area contributed by atoms with Crippen LogP contribution in [-0.4, -0.2) is 4.98 Å². The summed E-state index contributed by atoms with van der Waals surface area (Å²) in [5, 5.41) is 9.10. The van der Waals surface area contributed by atoms with E-state index in [2.05, 4.69) is 4.98 Å². The molecular weight excluding hydrogens is 207 g/mol. The van der Waals surface area contributed by atoms with E-state index < -0.39 is 0 Å². The van der Waals surface area contributed by atoms with Crippen LogP contribution in [0.2, 0.25) is 0 Å². The zero-order valence-electron chi connectivity index (χ0n) is 8.46. The average molecular weight is 216 g/mol. The number of H-pyrrole nitrogens is 1. The Morgan fingerprint density at radius 1 is 1.38 bits per heavy atom. The molecule has 0 spiro atoms. The third kappa shape index (κ3) is 1.94. The van der Waals surface area contributed by atoms with Gasteiger partial charge >= 0.3 is 0 Å². The molecule has 0 saturated carbocycles. The first-order valence-corrected chi connectivity index (χ1v) is 4.89. The Bertz CT molecular complexity index is 625. The highest BCUT2D eigenvalue weighted by Crippen LogP contribution is 2.13. The maximum Gasteiger partial charge on any atom is 0.251 e. The van der Waals surface area contributed by atoms with Gasteiger partial charge in [0.25, 0.3) is 5.56 Å². The lowest BCUT2D eigenvalue weighted by Crippen LogP contribution is -2.12. The monoisotopic (exact) mass is 216 g/mol. The second-order valence-corrected chi connectivity index (χ2v) is 3.51. The van der Waals surface area contributed by atoms with Crippen molar-refractivity contribution in [2.24, 2.45) is 0 Å². The fourth-order valence-electron chi connectivity index (χ4n) is 1.60. The summed E-state index contributed by atoms with van der Waals surface area (Å²) in [6.07, 6.45) is 0.669. The molecule has 1 heterocycles. The van der Waals surface area contributed by atoms with Crippen LogP contribution in [0.25, 0.3) is 10.9 Å². The quantitative estimate of drug-likeness (QED) is 0.835. The minimum atomic E-state index is -0.342. The van der Waals surface area contributed by atoms with Gasteiger partial charge in [0.1, 0.15) is 5.82 Å². The SMILES string of the molecule is N#CCCc1cc2cc(F)ccc2[nH]c1=O. The number of benzene rings is 1. The molecule has 4 heteroatoms. The number of nitriles is 1. The molecule has 0 aliphatic rings. The minimum Gasteiger partial charge on any atom is -0.322 e. The summed E-state index contributed by atoms with van der Waals surface area (Å²) >= 11 is 0. The van der Waals surface area contributed by atoms with Gasteiger partial charge in [0.05, 0.1) is 6.07 Å². The van der Waals surface area contributed by atoms with Gasteiger partial charge in [-0.1, -0.05) is 0 Å². The van der Waals surface area contributed by atoms with E-state index in [1.807, 2.05) is 6.07 Å². The lowest BCUT2D eigenvalue weighted by atomic mass is 10.1. The van der Waals surface area contributed by atoms with E-state index >= 15 is 0 Å². The van der Waals surface area contributed by atoms with E-state index in [1.165, 1.54) is 18.2 Å². The Morgan fingerprint density at radius 2 is 2.19 bits per heavy atom. The molecule has 0 aliphatic heterocycles. The Morgan fingerprint density at radius 3 is 2.94 bits per heavy atom. The second kappa shape index (κ2) is 4.15. The van der Waals surface area contributed by atoms with Crippen molar-refractivity contribution in [3.05, 3.63) is 46.0 Å².